The lowest BCUT2D eigenvalue weighted by Gasteiger charge is -2.13. The van der Waals surface area contributed by atoms with Crippen LogP contribution in [-0.2, 0) is 0 Å². The molecule has 0 radical (unpaired) electrons. The average molecular weight is 269 g/mol. The quantitative estimate of drug-likeness (QED) is 0.784. The van der Waals surface area contributed by atoms with Crippen molar-refractivity contribution in [2.45, 2.75) is 31.8 Å². The molecule has 0 aromatic heterocycles. The molecule has 1 aromatic carbocycles. The summed E-state index contributed by atoms with van der Waals surface area (Å²) >= 11 is 3.36. The fraction of sp³-hybridized carbons (Fsp3) is 0.417. The Bertz CT molecular complexity index is 357. The van der Waals surface area contributed by atoms with Gasteiger partial charge in [0, 0.05) is 10.0 Å². The van der Waals surface area contributed by atoms with Crippen molar-refractivity contribution in [1.29, 1.82) is 0 Å². The minimum Gasteiger partial charge on any atom is -0.490 e. The summed E-state index contributed by atoms with van der Waals surface area (Å²) in [6.07, 6.45) is 5.93. The number of hydrogen-bond acceptors (Lipinski definition) is 2. The van der Waals surface area contributed by atoms with Crippen LogP contribution < -0.4 is 4.74 Å². The second-order valence-electron chi connectivity index (χ2n) is 3.86. The van der Waals surface area contributed by atoms with Crippen LogP contribution >= 0.6 is 15.9 Å². The number of aldehydes is 1. The van der Waals surface area contributed by atoms with Crippen molar-refractivity contribution < 1.29 is 9.53 Å². The van der Waals surface area contributed by atoms with Crippen LogP contribution in [0.15, 0.2) is 22.7 Å². The van der Waals surface area contributed by atoms with E-state index in [4.69, 9.17) is 4.74 Å². The molecular formula is C12H13BrO2. The van der Waals surface area contributed by atoms with Gasteiger partial charge in [0.05, 0.1) is 6.10 Å². The van der Waals surface area contributed by atoms with Crippen LogP contribution in [-0.4, -0.2) is 12.4 Å². The molecule has 1 fully saturated rings. The highest BCUT2D eigenvalue weighted by molar-refractivity contribution is 9.10. The van der Waals surface area contributed by atoms with Gasteiger partial charge in [-0.2, -0.15) is 0 Å². The minimum atomic E-state index is 0.332. The van der Waals surface area contributed by atoms with E-state index in [1.165, 1.54) is 12.8 Å². The Balaban J connectivity index is 2.12. The van der Waals surface area contributed by atoms with E-state index in [-0.39, 0.29) is 0 Å². The molecule has 0 saturated heterocycles. The molecule has 1 aromatic rings. The second-order valence-corrected chi connectivity index (χ2v) is 4.78. The first kappa shape index (κ1) is 10.7. The number of hydrogen-bond donors (Lipinski definition) is 0. The summed E-state index contributed by atoms with van der Waals surface area (Å²) in [5.41, 5.74) is 0.650. The molecule has 2 rings (SSSR count). The largest absolute Gasteiger partial charge is 0.490 e. The third-order valence-corrected chi connectivity index (χ3v) is 3.09. The summed E-state index contributed by atoms with van der Waals surface area (Å²) in [4.78, 5) is 10.7. The highest BCUT2D eigenvalue weighted by Gasteiger charge is 2.16. The normalized spacial score (nSPS) is 16.6. The van der Waals surface area contributed by atoms with Crippen molar-refractivity contribution in [2.24, 2.45) is 0 Å². The van der Waals surface area contributed by atoms with Crippen molar-refractivity contribution in [3.8, 4) is 5.75 Å². The highest BCUT2D eigenvalue weighted by atomic mass is 79.9. The average Bonchev–Trinajstić information content (AvgIpc) is 2.69. The van der Waals surface area contributed by atoms with Gasteiger partial charge in [-0.25, -0.2) is 0 Å². The topological polar surface area (TPSA) is 26.3 Å². The van der Waals surface area contributed by atoms with Crippen molar-refractivity contribution in [1.82, 2.24) is 0 Å². The third-order valence-electron chi connectivity index (χ3n) is 2.63. The second kappa shape index (κ2) is 4.79. The fourth-order valence-corrected chi connectivity index (χ4v) is 2.41. The van der Waals surface area contributed by atoms with Crippen LogP contribution in [0, 0.1) is 0 Å². The fourth-order valence-electron chi connectivity index (χ4n) is 1.92. The predicted octanol–water partition coefficient (Wildman–Crippen LogP) is 3.58. The zero-order valence-corrected chi connectivity index (χ0v) is 10.00. The van der Waals surface area contributed by atoms with E-state index in [0.29, 0.717) is 11.7 Å². The molecule has 1 aliphatic carbocycles. The first-order valence-corrected chi connectivity index (χ1v) is 5.99. The molecule has 2 nitrogen and oxygen atoms in total. The lowest BCUT2D eigenvalue weighted by Crippen LogP contribution is -2.10. The summed E-state index contributed by atoms with van der Waals surface area (Å²) in [6, 6.07) is 5.48. The van der Waals surface area contributed by atoms with Crippen molar-refractivity contribution in [3.63, 3.8) is 0 Å². The van der Waals surface area contributed by atoms with Crippen LogP contribution in [0.3, 0.4) is 0 Å². The van der Waals surface area contributed by atoms with Gasteiger partial charge >= 0.3 is 0 Å². The van der Waals surface area contributed by atoms with Crippen LogP contribution in [0.25, 0.3) is 0 Å². The van der Waals surface area contributed by atoms with E-state index in [2.05, 4.69) is 15.9 Å². The van der Waals surface area contributed by atoms with E-state index in [0.717, 1.165) is 29.4 Å². The Morgan fingerprint density at radius 2 is 2.00 bits per heavy atom. The zero-order valence-electron chi connectivity index (χ0n) is 8.41. The Morgan fingerprint density at radius 3 is 2.67 bits per heavy atom. The van der Waals surface area contributed by atoms with Gasteiger partial charge in [0.25, 0.3) is 0 Å². The molecule has 0 atom stereocenters. The van der Waals surface area contributed by atoms with Crippen LogP contribution in [0.5, 0.6) is 5.75 Å². The maximum Gasteiger partial charge on any atom is 0.150 e. The molecule has 0 aliphatic heterocycles. The molecule has 0 N–H and O–H groups in total. The molecule has 1 saturated carbocycles. The van der Waals surface area contributed by atoms with Crippen molar-refractivity contribution >= 4 is 22.2 Å². The standard InChI is InChI=1S/C12H13BrO2/c13-10-5-9(8-14)6-12(7-10)15-11-3-1-2-4-11/h5-8,11H,1-4H2. The molecule has 3 heteroatoms. The monoisotopic (exact) mass is 268 g/mol. The number of benzene rings is 1. The number of carbonyl (C=O) groups excluding carboxylic acids is 1. The Labute approximate surface area is 97.8 Å². The van der Waals surface area contributed by atoms with E-state index in [1.54, 1.807) is 12.1 Å². The van der Waals surface area contributed by atoms with Gasteiger partial charge in [-0.3, -0.25) is 4.79 Å². The summed E-state index contributed by atoms with van der Waals surface area (Å²) in [7, 11) is 0. The van der Waals surface area contributed by atoms with Gasteiger partial charge in [-0.15, -0.1) is 0 Å². The van der Waals surface area contributed by atoms with Crippen LogP contribution in [0.1, 0.15) is 36.0 Å². The van der Waals surface area contributed by atoms with Gasteiger partial charge in [0.1, 0.15) is 12.0 Å². The lowest BCUT2D eigenvalue weighted by atomic mass is 10.2. The van der Waals surface area contributed by atoms with Gasteiger partial charge in [-0.1, -0.05) is 15.9 Å². The van der Waals surface area contributed by atoms with E-state index >= 15 is 0 Å². The maximum atomic E-state index is 10.7. The van der Waals surface area contributed by atoms with E-state index in [1.807, 2.05) is 6.07 Å². The summed E-state index contributed by atoms with van der Waals surface area (Å²) in [5, 5.41) is 0. The molecular weight excluding hydrogens is 256 g/mol. The van der Waals surface area contributed by atoms with Crippen LogP contribution in [0.4, 0.5) is 0 Å². The number of carbonyl (C=O) groups is 1. The molecule has 0 unspecified atom stereocenters. The summed E-state index contributed by atoms with van der Waals surface area (Å²) < 4.78 is 6.70. The maximum absolute atomic E-state index is 10.7. The third kappa shape index (κ3) is 2.81. The SMILES string of the molecule is O=Cc1cc(Br)cc(OC2CCCC2)c1. The molecule has 1 aliphatic rings. The molecule has 0 amide bonds. The first-order chi connectivity index (χ1) is 7.28. The number of rotatable bonds is 3. The molecule has 80 valence electrons. The summed E-state index contributed by atoms with van der Waals surface area (Å²) in [5.74, 6) is 0.790. The minimum absolute atomic E-state index is 0.332. The predicted molar refractivity (Wildman–Crippen MR) is 62.4 cm³/mol. The molecule has 0 heterocycles. The van der Waals surface area contributed by atoms with Gasteiger partial charge in [0.2, 0.25) is 0 Å². The van der Waals surface area contributed by atoms with Crippen LogP contribution in [0.2, 0.25) is 0 Å². The van der Waals surface area contributed by atoms with Gasteiger partial charge in [-0.05, 0) is 43.9 Å². The van der Waals surface area contributed by atoms with Gasteiger partial charge in [0.15, 0.2) is 0 Å². The van der Waals surface area contributed by atoms with E-state index < -0.39 is 0 Å². The smallest absolute Gasteiger partial charge is 0.150 e. The molecule has 0 bridgehead atoms. The zero-order chi connectivity index (χ0) is 10.7. The molecule has 15 heavy (non-hydrogen) atoms. The Morgan fingerprint density at radius 1 is 1.27 bits per heavy atom. The van der Waals surface area contributed by atoms with E-state index in [9.17, 15) is 4.79 Å². The summed E-state index contributed by atoms with van der Waals surface area (Å²) in [6.45, 7) is 0. The lowest BCUT2D eigenvalue weighted by molar-refractivity contribution is 0.112. The Hall–Kier alpha value is -0.830. The number of ether oxygens (including phenoxy) is 1. The molecule has 0 spiro atoms. The number of halogens is 1. The van der Waals surface area contributed by atoms with Crippen molar-refractivity contribution in [2.75, 3.05) is 0 Å². The Kier molecular flexibility index (Phi) is 3.41. The highest BCUT2D eigenvalue weighted by Crippen LogP contribution is 2.26. The van der Waals surface area contributed by atoms with Gasteiger partial charge < -0.3 is 4.74 Å². The first-order valence-electron chi connectivity index (χ1n) is 5.20. The van der Waals surface area contributed by atoms with Crippen molar-refractivity contribution in [3.05, 3.63) is 28.2 Å².